The number of nitrogens with one attached hydrogen (secondary N) is 1. The van der Waals surface area contributed by atoms with Gasteiger partial charge >= 0.3 is 0 Å². The second-order valence-electron chi connectivity index (χ2n) is 4.41. The van der Waals surface area contributed by atoms with Crippen molar-refractivity contribution in [1.82, 2.24) is 5.32 Å². The van der Waals surface area contributed by atoms with Gasteiger partial charge in [-0.25, -0.2) is 8.42 Å². The third kappa shape index (κ3) is 5.82. The fourth-order valence-corrected chi connectivity index (χ4v) is 2.54. The molecule has 0 amide bonds. The van der Waals surface area contributed by atoms with Gasteiger partial charge in [0, 0.05) is 18.3 Å². The first-order valence-electron chi connectivity index (χ1n) is 5.94. The van der Waals surface area contributed by atoms with E-state index < -0.39 is 15.4 Å². The maximum Gasteiger partial charge on any atom is 0.151 e. The van der Waals surface area contributed by atoms with Crippen molar-refractivity contribution >= 4 is 9.84 Å². The lowest BCUT2D eigenvalue weighted by molar-refractivity contribution is 0.0309. The molecule has 2 N–H and O–H groups in total. The van der Waals surface area contributed by atoms with Crippen molar-refractivity contribution in [2.75, 3.05) is 18.1 Å². The van der Waals surface area contributed by atoms with Crippen LogP contribution in [0.1, 0.15) is 40.5 Å². The highest BCUT2D eigenvalue weighted by Crippen LogP contribution is 2.13. The van der Waals surface area contributed by atoms with Crippen molar-refractivity contribution < 1.29 is 13.5 Å². The van der Waals surface area contributed by atoms with Gasteiger partial charge in [-0.05, 0) is 19.8 Å². The lowest BCUT2D eigenvalue weighted by Gasteiger charge is -2.27. The molecule has 0 aromatic heterocycles. The predicted molar refractivity (Wildman–Crippen MR) is 67.3 cm³/mol. The third-order valence-corrected chi connectivity index (χ3v) is 4.93. The molecule has 0 radical (unpaired) electrons. The van der Waals surface area contributed by atoms with E-state index in [9.17, 15) is 13.5 Å². The van der Waals surface area contributed by atoms with E-state index in [0.717, 1.165) is 0 Å². The summed E-state index contributed by atoms with van der Waals surface area (Å²) in [5, 5.41) is 13.1. The average molecular weight is 251 g/mol. The number of rotatable bonds is 8. The standard InChI is InChI=1S/C11H25NO3S/c1-5-11(13,6-2)9-12-10(4)8-16(14,15)7-3/h10,12-13H,5-9H2,1-4H3. The Labute approximate surface area is 99.4 Å². The number of hydrogen-bond acceptors (Lipinski definition) is 4. The summed E-state index contributed by atoms with van der Waals surface area (Å²) >= 11 is 0. The van der Waals surface area contributed by atoms with Crippen LogP contribution in [0.5, 0.6) is 0 Å². The Bertz CT molecular complexity index is 284. The molecule has 0 heterocycles. The van der Waals surface area contributed by atoms with Crippen LogP contribution in [0.25, 0.3) is 0 Å². The normalized spacial score (nSPS) is 15.1. The Hall–Kier alpha value is -0.130. The van der Waals surface area contributed by atoms with E-state index in [1.54, 1.807) is 6.92 Å². The van der Waals surface area contributed by atoms with Crippen molar-refractivity contribution in [2.45, 2.75) is 52.2 Å². The zero-order chi connectivity index (χ0) is 12.8. The molecule has 1 unspecified atom stereocenters. The minimum atomic E-state index is -2.94. The van der Waals surface area contributed by atoms with E-state index in [4.69, 9.17) is 0 Å². The van der Waals surface area contributed by atoms with Gasteiger partial charge in [0.15, 0.2) is 9.84 Å². The van der Waals surface area contributed by atoms with Crippen molar-refractivity contribution in [2.24, 2.45) is 0 Å². The molecular weight excluding hydrogens is 226 g/mol. The maximum atomic E-state index is 11.4. The largest absolute Gasteiger partial charge is 0.389 e. The van der Waals surface area contributed by atoms with Gasteiger partial charge in [-0.2, -0.15) is 0 Å². The molecule has 0 saturated heterocycles. The second kappa shape index (κ2) is 6.57. The second-order valence-corrected chi connectivity index (χ2v) is 6.81. The molecular formula is C11H25NO3S. The smallest absolute Gasteiger partial charge is 0.151 e. The monoisotopic (exact) mass is 251 g/mol. The molecule has 0 bridgehead atoms. The SMILES string of the molecule is CCC(O)(CC)CNC(C)CS(=O)(=O)CC. The molecule has 16 heavy (non-hydrogen) atoms. The molecule has 0 aliphatic rings. The fraction of sp³-hybridized carbons (Fsp3) is 1.00. The van der Waals surface area contributed by atoms with Gasteiger partial charge in [0.05, 0.1) is 11.4 Å². The fourth-order valence-electron chi connectivity index (χ4n) is 1.42. The number of aliphatic hydroxyl groups is 1. The van der Waals surface area contributed by atoms with Gasteiger partial charge in [0.2, 0.25) is 0 Å². The maximum absolute atomic E-state index is 11.4. The van der Waals surface area contributed by atoms with Gasteiger partial charge in [-0.3, -0.25) is 0 Å². The Morgan fingerprint density at radius 3 is 2.12 bits per heavy atom. The highest BCUT2D eigenvalue weighted by atomic mass is 32.2. The van der Waals surface area contributed by atoms with Crippen molar-refractivity contribution in [3.05, 3.63) is 0 Å². The van der Waals surface area contributed by atoms with Gasteiger partial charge in [-0.15, -0.1) is 0 Å². The number of hydrogen-bond donors (Lipinski definition) is 2. The van der Waals surface area contributed by atoms with Crippen LogP contribution in [0.4, 0.5) is 0 Å². The van der Waals surface area contributed by atoms with Crippen LogP contribution in [0.15, 0.2) is 0 Å². The number of sulfone groups is 1. The van der Waals surface area contributed by atoms with E-state index in [1.807, 2.05) is 20.8 Å². The Balaban J connectivity index is 4.13. The first kappa shape index (κ1) is 15.9. The molecule has 0 rings (SSSR count). The Kier molecular flexibility index (Phi) is 6.51. The molecule has 5 heteroatoms. The van der Waals surface area contributed by atoms with Crippen LogP contribution in [0.3, 0.4) is 0 Å². The zero-order valence-electron chi connectivity index (χ0n) is 10.8. The first-order chi connectivity index (χ1) is 7.28. The van der Waals surface area contributed by atoms with E-state index in [0.29, 0.717) is 19.4 Å². The van der Waals surface area contributed by atoms with Crippen molar-refractivity contribution in [3.63, 3.8) is 0 Å². The van der Waals surface area contributed by atoms with E-state index in [1.165, 1.54) is 0 Å². The Morgan fingerprint density at radius 1 is 1.25 bits per heavy atom. The lowest BCUT2D eigenvalue weighted by Crippen LogP contribution is -2.45. The molecule has 1 atom stereocenters. The topological polar surface area (TPSA) is 66.4 Å². The molecule has 0 aromatic rings. The summed E-state index contributed by atoms with van der Waals surface area (Å²) in [7, 11) is -2.94. The van der Waals surface area contributed by atoms with E-state index >= 15 is 0 Å². The van der Waals surface area contributed by atoms with Gasteiger partial charge < -0.3 is 10.4 Å². The minimum absolute atomic E-state index is 0.116. The third-order valence-electron chi connectivity index (χ3n) is 3.04. The van der Waals surface area contributed by atoms with Gasteiger partial charge in [0.1, 0.15) is 0 Å². The predicted octanol–water partition coefficient (Wildman–Crippen LogP) is 0.950. The van der Waals surface area contributed by atoms with Crippen molar-refractivity contribution in [3.8, 4) is 0 Å². The summed E-state index contributed by atoms with van der Waals surface area (Å²) in [6.45, 7) is 7.78. The van der Waals surface area contributed by atoms with Crippen LogP contribution in [-0.4, -0.2) is 43.2 Å². The summed E-state index contributed by atoms with van der Waals surface area (Å²) in [4.78, 5) is 0. The first-order valence-corrected chi connectivity index (χ1v) is 7.77. The Morgan fingerprint density at radius 2 is 1.75 bits per heavy atom. The van der Waals surface area contributed by atoms with E-state index in [2.05, 4.69) is 5.32 Å². The molecule has 0 spiro atoms. The molecule has 0 aromatic carbocycles. The van der Waals surface area contributed by atoms with Crippen LogP contribution in [0, 0.1) is 0 Å². The van der Waals surface area contributed by atoms with Gasteiger partial charge in [-0.1, -0.05) is 20.8 Å². The molecule has 98 valence electrons. The van der Waals surface area contributed by atoms with Crippen LogP contribution >= 0.6 is 0 Å². The summed E-state index contributed by atoms with van der Waals surface area (Å²) < 4.78 is 22.7. The molecule has 0 fully saturated rings. The van der Waals surface area contributed by atoms with Crippen molar-refractivity contribution in [1.29, 1.82) is 0 Å². The lowest BCUT2D eigenvalue weighted by atomic mass is 9.97. The zero-order valence-corrected chi connectivity index (χ0v) is 11.6. The van der Waals surface area contributed by atoms with Crippen LogP contribution < -0.4 is 5.32 Å². The molecule has 0 aliphatic carbocycles. The van der Waals surface area contributed by atoms with E-state index in [-0.39, 0.29) is 17.5 Å². The quantitative estimate of drug-likeness (QED) is 0.674. The highest BCUT2D eigenvalue weighted by Gasteiger charge is 2.23. The molecule has 0 aliphatic heterocycles. The summed E-state index contributed by atoms with van der Waals surface area (Å²) in [5.41, 5.74) is -0.718. The van der Waals surface area contributed by atoms with Crippen LogP contribution in [0.2, 0.25) is 0 Å². The summed E-state index contributed by atoms with van der Waals surface area (Å²) in [5.74, 6) is 0.303. The summed E-state index contributed by atoms with van der Waals surface area (Å²) in [6, 6.07) is -0.116. The molecule has 4 nitrogen and oxygen atoms in total. The molecule has 0 saturated carbocycles. The average Bonchev–Trinajstić information content (AvgIpc) is 2.25. The summed E-state index contributed by atoms with van der Waals surface area (Å²) in [6.07, 6.45) is 1.34. The van der Waals surface area contributed by atoms with Crippen LogP contribution in [-0.2, 0) is 9.84 Å². The minimum Gasteiger partial charge on any atom is -0.389 e. The van der Waals surface area contributed by atoms with Gasteiger partial charge in [0.25, 0.3) is 0 Å². The highest BCUT2D eigenvalue weighted by molar-refractivity contribution is 7.91.